The Hall–Kier alpha value is -2.61. The van der Waals surface area contributed by atoms with Crippen molar-refractivity contribution in [3.63, 3.8) is 0 Å². The number of carbonyl (C=O) groups is 2. The minimum absolute atomic E-state index is 0.0811. The maximum absolute atomic E-state index is 11.6. The van der Waals surface area contributed by atoms with Crippen LogP contribution in [0.5, 0.6) is 5.75 Å². The number of aromatic nitrogens is 1. The van der Waals surface area contributed by atoms with Gasteiger partial charge in [0.25, 0.3) is 0 Å². The molecule has 0 saturated heterocycles. The molecule has 1 aliphatic rings. The average Bonchev–Trinajstić information content (AvgIpc) is 3.28. The first-order valence-corrected chi connectivity index (χ1v) is 10.2. The Kier molecular flexibility index (Phi) is 6.18. The maximum atomic E-state index is 11.6. The number of rotatable bonds is 8. The van der Waals surface area contributed by atoms with Crippen molar-refractivity contribution in [3.8, 4) is 16.3 Å². The number of ether oxygens (including phenoxy) is 1. The minimum Gasteiger partial charge on any atom is -0.493 e. The van der Waals surface area contributed by atoms with Gasteiger partial charge in [-0.1, -0.05) is 13.8 Å². The topological polar surface area (TPSA) is 100.0 Å². The van der Waals surface area contributed by atoms with Gasteiger partial charge in [0.15, 0.2) is 0 Å². The van der Waals surface area contributed by atoms with Crippen LogP contribution in [0.15, 0.2) is 23.6 Å². The zero-order valence-electron chi connectivity index (χ0n) is 15.9. The van der Waals surface area contributed by atoms with Gasteiger partial charge >= 0.3 is 12.1 Å². The van der Waals surface area contributed by atoms with Crippen molar-refractivity contribution in [3.05, 3.63) is 34.8 Å². The van der Waals surface area contributed by atoms with Gasteiger partial charge in [0.2, 0.25) is 0 Å². The average molecular weight is 404 g/mol. The van der Waals surface area contributed by atoms with Gasteiger partial charge in [0.05, 0.1) is 12.3 Å². The fourth-order valence-electron chi connectivity index (χ4n) is 3.30. The molecule has 0 radical (unpaired) electrons. The molecule has 0 fully saturated rings. The normalized spacial score (nSPS) is 13.8. The van der Waals surface area contributed by atoms with E-state index in [1.165, 1.54) is 16.9 Å². The van der Waals surface area contributed by atoms with E-state index >= 15 is 0 Å². The van der Waals surface area contributed by atoms with Crippen molar-refractivity contribution < 1.29 is 24.5 Å². The second-order valence-corrected chi connectivity index (χ2v) is 8.13. The Morgan fingerprint density at radius 1 is 1.32 bits per heavy atom. The molecule has 0 aliphatic carbocycles. The lowest BCUT2D eigenvalue weighted by Crippen LogP contribution is -2.46. The van der Waals surface area contributed by atoms with Crippen molar-refractivity contribution in [1.29, 1.82) is 0 Å². The molecule has 7 nitrogen and oxygen atoms in total. The molecule has 2 heterocycles. The molecule has 1 unspecified atom stereocenters. The summed E-state index contributed by atoms with van der Waals surface area (Å²) < 4.78 is 5.52. The number of aliphatic carboxylic acids is 1. The SMILES string of the molecule is CC(C)CC(C(=O)O)N(CCc1csc(-c2ccc3c(c2)CCO3)n1)C(=O)O. The van der Waals surface area contributed by atoms with E-state index < -0.39 is 18.1 Å². The molecule has 1 aromatic carbocycles. The molecule has 1 atom stereocenters. The van der Waals surface area contributed by atoms with Crippen molar-refractivity contribution in [2.75, 3.05) is 13.2 Å². The fraction of sp³-hybridized carbons (Fsp3) is 0.450. The molecule has 0 saturated carbocycles. The largest absolute Gasteiger partial charge is 0.493 e. The van der Waals surface area contributed by atoms with Crippen LogP contribution in [-0.2, 0) is 17.6 Å². The monoisotopic (exact) mass is 404 g/mol. The molecule has 0 spiro atoms. The number of fused-ring (bicyclic) bond motifs is 1. The molecule has 2 aromatic rings. The van der Waals surface area contributed by atoms with Crippen LogP contribution >= 0.6 is 11.3 Å². The zero-order valence-corrected chi connectivity index (χ0v) is 16.7. The number of carboxylic acids is 1. The molecule has 8 heteroatoms. The lowest BCUT2D eigenvalue weighted by molar-refractivity contribution is -0.143. The number of carboxylic acid groups (broad SMARTS) is 2. The van der Waals surface area contributed by atoms with Crippen LogP contribution in [0.4, 0.5) is 4.79 Å². The second kappa shape index (κ2) is 8.60. The molecule has 3 rings (SSSR count). The Morgan fingerprint density at radius 3 is 2.79 bits per heavy atom. The van der Waals surface area contributed by atoms with Gasteiger partial charge in [0.1, 0.15) is 16.8 Å². The van der Waals surface area contributed by atoms with Gasteiger partial charge in [-0.2, -0.15) is 0 Å². The summed E-state index contributed by atoms with van der Waals surface area (Å²) in [6.07, 6.45) is 0.323. The predicted molar refractivity (Wildman–Crippen MR) is 106 cm³/mol. The van der Waals surface area contributed by atoms with E-state index in [1.807, 2.05) is 31.4 Å². The van der Waals surface area contributed by atoms with Crippen LogP contribution in [0.3, 0.4) is 0 Å². The summed E-state index contributed by atoms with van der Waals surface area (Å²) in [4.78, 5) is 28.8. The molecular formula is C20H24N2O5S. The van der Waals surface area contributed by atoms with Crippen LogP contribution in [0, 0.1) is 5.92 Å². The third-order valence-electron chi connectivity index (χ3n) is 4.70. The first-order chi connectivity index (χ1) is 13.3. The highest BCUT2D eigenvalue weighted by molar-refractivity contribution is 7.13. The molecule has 0 bridgehead atoms. The highest BCUT2D eigenvalue weighted by Crippen LogP contribution is 2.32. The number of hydrogen-bond acceptors (Lipinski definition) is 5. The molecule has 1 amide bonds. The molecule has 1 aromatic heterocycles. The van der Waals surface area contributed by atoms with Crippen LogP contribution in [-0.4, -0.2) is 51.4 Å². The van der Waals surface area contributed by atoms with E-state index in [0.29, 0.717) is 13.0 Å². The van der Waals surface area contributed by atoms with Gasteiger partial charge in [-0.15, -0.1) is 11.3 Å². The van der Waals surface area contributed by atoms with Crippen LogP contribution < -0.4 is 4.74 Å². The number of hydrogen-bond donors (Lipinski definition) is 2. The Morgan fingerprint density at radius 2 is 2.11 bits per heavy atom. The van der Waals surface area contributed by atoms with E-state index in [0.717, 1.165) is 33.3 Å². The summed E-state index contributed by atoms with van der Waals surface area (Å²) >= 11 is 1.50. The van der Waals surface area contributed by atoms with Gasteiger partial charge in [0, 0.05) is 30.3 Å². The molecule has 150 valence electrons. The Bertz CT molecular complexity index is 864. The third kappa shape index (κ3) is 4.62. The smallest absolute Gasteiger partial charge is 0.408 e. The summed E-state index contributed by atoms with van der Waals surface area (Å²) in [7, 11) is 0. The number of nitrogens with zero attached hydrogens (tertiary/aromatic N) is 2. The standard InChI is InChI=1S/C20H24N2O5S/c1-12(2)9-16(19(23)24)22(20(25)26)7-5-15-11-28-18(21-15)14-3-4-17-13(10-14)6-8-27-17/h3-4,10-12,16H,5-9H2,1-2H3,(H,23,24)(H,25,26). The van der Waals surface area contributed by atoms with Crippen molar-refractivity contribution >= 4 is 23.4 Å². The summed E-state index contributed by atoms with van der Waals surface area (Å²) in [5, 5.41) is 21.7. The second-order valence-electron chi connectivity index (χ2n) is 7.27. The Labute approximate surface area is 167 Å². The molecule has 28 heavy (non-hydrogen) atoms. The summed E-state index contributed by atoms with van der Waals surface area (Å²) in [6.45, 7) is 4.56. The quantitative estimate of drug-likeness (QED) is 0.695. The lowest BCUT2D eigenvalue weighted by atomic mass is 10.0. The first-order valence-electron chi connectivity index (χ1n) is 9.28. The highest BCUT2D eigenvalue weighted by Gasteiger charge is 2.30. The number of amides is 1. The summed E-state index contributed by atoms with van der Waals surface area (Å²) in [5.74, 6) is -0.115. The van der Waals surface area contributed by atoms with Crippen molar-refractivity contribution in [2.45, 2.75) is 39.2 Å². The Balaban J connectivity index is 1.69. The van der Waals surface area contributed by atoms with E-state index in [1.54, 1.807) is 0 Å². The summed E-state index contributed by atoms with van der Waals surface area (Å²) in [5.41, 5.74) is 2.94. The highest BCUT2D eigenvalue weighted by atomic mass is 32.1. The molecule has 2 N–H and O–H groups in total. The van der Waals surface area contributed by atoms with E-state index in [9.17, 15) is 19.8 Å². The van der Waals surface area contributed by atoms with Crippen molar-refractivity contribution in [1.82, 2.24) is 9.88 Å². The van der Waals surface area contributed by atoms with Crippen molar-refractivity contribution in [2.24, 2.45) is 5.92 Å². The predicted octanol–water partition coefficient (Wildman–Crippen LogP) is 3.77. The maximum Gasteiger partial charge on any atom is 0.408 e. The molecule has 1 aliphatic heterocycles. The lowest BCUT2D eigenvalue weighted by Gasteiger charge is -2.27. The van der Waals surface area contributed by atoms with Crippen LogP contribution in [0.1, 0.15) is 31.5 Å². The minimum atomic E-state index is -1.22. The first kappa shape index (κ1) is 20.1. The van der Waals surface area contributed by atoms with Gasteiger partial charge in [-0.05, 0) is 36.1 Å². The van der Waals surface area contributed by atoms with E-state index in [-0.39, 0.29) is 18.9 Å². The fourth-order valence-corrected chi connectivity index (χ4v) is 4.15. The van der Waals surface area contributed by atoms with Crippen LogP contribution in [0.25, 0.3) is 10.6 Å². The summed E-state index contributed by atoms with van der Waals surface area (Å²) in [6, 6.07) is 4.96. The number of benzene rings is 1. The third-order valence-corrected chi connectivity index (χ3v) is 5.64. The van der Waals surface area contributed by atoms with Gasteiger partial charge < -0.3 is 14.9 Å². The molecular weight excluding hydrogens is 380 g/mol. The number of thiazole rings is 1. The zero-order chi connectivity index (χ0) is 20.3. The van der Waals surface area contributed by atoms with Gasteiger partial charge in [-0.25, -0.2) is 14.6 Å². The van der Waals surface area contributed by atoms with E-state index in [2.05, 4.69) is 11.1 Å². The van der Waals surface area contributed by atoms with E-state index in [4.69, 9.17) is 4.74 Å². The van der Waals surface area contributed by atoms with Gasteiger partial charge in [-0.3, -0.25) is 4.90 Å². The van der Waals surface area contributed by atoms with Crippen LogP contribution in [0.2, 0.25) is 0 Å².